The zero-order valence-corrected chi connectivity index (χ0v) is 12.4. The highest BCUT2D eigenvalue weighted by Gasteiger charge is 2.04. The van der Waals surface area contributed by atoms with Gasteiger partial charge in [0.05, 0.1) is 5.02 Å². The smallest absolute Gasteiger partial charge is 0.313 e. The number of ketones is 1. The largest absolute Gasteiger partial charge is 0.488 e. The average Bonchev–Trinajstić information content (AvgIpc) is 2.36. The van der Waals surface area contributed by atoms with Crippen LogP contribution in [0.15, 0.2) is 30.4 Å². The molecule has 0 bridgehead atoms. The molecule has 0 heterocycles. The molecule has 1 rings (SSSR count). The monoisotopic (exact) mass is 316 g/mol. The molecule has 0 unspecified atom stereocenters. The molecule has 20 heavy (non-hydrogen) atoms. The van der Waals surface area contributed by atoms with Crippen molar-refractivity contribution in [3.8, 4) is 5.75 Å². The van der Waals surface area contributed by atoms with Crippen molar-refractivity contribution < 1.29 is 19.1 Å². The van der Waals surface area contributed by atoms with Gasteiger partial charge in [0.15, 0.2) is 0 Å². The van der Waals surface area contributed by atoms with Crippen LogP contribution in [0.1, 0.15) is 13.3 Å². The first-order valence-electron chi connectivity index (χ1n) is 5.87. The van der Waals surface area contributed by atoms with Gasteiger partial charge < -0.3 is 9.47 Å². The van der Waals surface area contributed by atoms with Gasteiger partial charge in [0, 0.05) is 11.1 Å². The summed E-state index contributed by atoms with van der Waals surface area (Å²) < 4.78 is 10.2. The lowest BCUT2D eigenvalue weighted by Gasteiger charge is -2.05. The second-order valence-corrected chi connectivity index (χ2v) is 4.76. The molecule has 0 aliphatic rings. The van der Waals surface area contributed by atoms with Crippen LogP contribution in [-0.4, -0.2) is 25.0 Å². The molecule has 0 saturated carbocycles. The van der Waals surface area contributed by atoms with E-state index in [0.29, 0.717) is 15.8 Å². The van der Waals surface area contributed by atoms with Crippen molar-refractivity contribution in [1.29, 1.82) is 0 Å². The topological polar surface area (TPSA) is 52.6 Å². The molecule has 0 aliphatic carbocycles. The molecular formula is C14H14Cl2O4. The molecule has 6 heteroatoms. The Balaban J connectivity index is 2.27. The lowest BCUT2D eigenvalue weighted by Crippen LogP contribution is -2.08. The van der Waals surface area contributed by atoms with Crippen molar-refractivity contribution in [2.45, 2.75) is 13.3 Å². The molecule has 0 aromatic heterocycles. The summed E-state index contributed by atoms with van der Waals surface area (Å²) in [5.41, 5.74) is 0. The van der Waals surface area contributed by atoms with E-state index in [1.807, 2.05) is 0 Å². The van der Waals surface area contributed by atoms with E-state index in [9.17, 15) is 9.59 Å². The lowest BCUT2D eigenvalue weighted by atomic mass is 10.3. The Morgan fingerprint density at radius 2 is 1.90 bits per heavy atom. The van der Waals surface area contributed by atoms with Crippen molar-refractivity contribution in [3.05, 3.63) is 40.4 Å². The summed E-state index contributed by atoms with van der Waals surface area (Å²) in [5, 5.41) is 1.00. The van der Waals surface area contributed by atoms with Crippen LogP contribution < -0.4 is 4.74 Å². The van der Waals surface area contributed by atoms with Crippen LogP contribution >= 0.6 is 23.2 Å². The van der Waals surface area contributed by atoms with E-state index in [4.69, 9.17) is 32.7 Å². The first-order valence-corrected chi connectivity index (χ1v) is 6.62. The zero-order chi connectivity index (χ0) is 15.0. The molecular weight excluding hydrogens is 303 g/mol. The first-order chi connectivity index (χ1) is 9.49. The van der Waals surface area contributed by atoms with Gasteiger partial charge in [-0.1, -0.05) is 23.2 Å². The van der Waals surface area contributed by atoms with Crippen LogP contribution in [0, 0.1) is 0 Å². The van der Waals surface area contributed by atoms with E-state index >= 15 is 0 Å². The molecule has 1 aromatic rings. The third kappa shape index (κ3) is 6.59. The number of Topliss-reactive ketones (excluding diaryl/α,β-unsaturated/α-hetero) is 1. The Kier molecular flexibility index (Phi) is 7.12. The summed E-state index contributed by atoms with van der Waals surface area (Å²) in [4.78, 5) is 21.7. The number of ether oxygens (including phenoxy) is 2. The number of hydrogen-bond acceptors (Lipinski definition) is 4. The summed E-state index contributed by atoms with van der Waals surface area (Å²) in [6.45, 7) is 1.70. The standard InChI is InChI=1S/C14H14Cl2O4/c1-10(17)8-14(18)20-7-3-2-6-19-13-9-11(15)4-5-12(13)16/h2-5,9H,6-8H2,1H3/b3-2+. The van der Waals surface area contributed by atoms with Gasteiger partial charge in [-0.3, -0.25) is 9.59 Å². The highest BCUT2D eigenvalue weighted by molar-refractivity contribution is 6.34. The van der Waals surface area contributed by atoms with E-state index in [2.05, 4.69) is 0 Å². The fourth-order valence-corrected chi connectivity index (χ4v) is 1.59. The third-order valence-electron chi connectivity index (χ3n) is 2.13. The Morgan fingerprint density at radius 3 is 2.60 bits per heavy atom. The predicted octanol–water partition coefficient (Wildman–Crippen LogP) is 3.45. The van der Waals surface area contributed by atoms with E-state index in [1.54, 1.807) is 30.4 Å². The van der Waals surface area contributed by atoms with Gasteiger partial charge in [-0.2, -0.15) is 0 Å². The van der Waals surface area contributed by atoms with Gasteiger partial charge in [0.1, 0.15) is 31.2 Å². The number of hydrogen-bond donors (Lipinski definition) is 0. The van der Waals surface area contributed by atoms with Crippen LogP contribution in [0.5, 0.6) is 5.75 Å². The molecule has 0 amide bonds. The molecule has 0 atom stereocenters. The molecule has 0 fully saturated rings. The number of carbonyl (C=O) groups is 2. The minimum atomic E-state index is -0.541. The normalized spacial score (nSPS) is 10.6. The number of rotatable bonds is 7. The van der Waals surface area contributed by atoms with Gasteiger partial charge in [-0.25, -0.2) is 0 Å². The van der Waals surface area contributed by atoms with Crippen LogP contribution in [0.2, 0.25) is 10.0 Å². The summed E-state index contributed by atoms with van der Waals surface area (Å²) in [6.07, 6.45) is 3.09. The zero-order valence-electron chi connectivity index (χ0n) is 10.9. The molecule has 0 aliphatic heterocycles. The molecule has 4 nitrogen and oxygen atoms in total. The number of benzene rings is 1. The maximum Gasteiger partial charge on any atom is 0.313 e. The minimum Gasteiger partial charge on any atom is -0.488 e. The fourth-order valence-electron chi connectivity index (χ4n) is 1.26. The maximum atomic E-state index is 11.0. The third-order valence-corrected chi connectivity index (χ3v) is 2.68. The quantitative estimate of drug-likeness (QED) is 0.439. The second-order valence-electron chi connectivity index (χ2n) is 3.92. The van der Waals surface area contributed by atoms with E-state index in [1.165, 1.54) is 6.92 Å². The molecule has 0 spiro atoms. The summed E-state index contributed by atoms with van der Waals surface area (Å²) >= 11 is 11.7. The fraction of sp³-hybridized carbons (Fsp3) is 0.286. The van der Waals surface area contributed by atoms with Crippen LogP contribution in [0.4, 0.5) is 0 Å². The Hall–Kier alpha value is -1.52. The maximum absolute atomic E-state index is 11.0. The minimum absolute atomic E-state index is 0.0960. The van der Waals surface area contributed by atoms with Gasteiger partial charge in [-0.05, 0) is 31.2 Å². The van der Waals surface area contributed by atoms with E-state index in [0.717, 1.165) is 0 Å². The SMILES string of the molecule is CC(=O)CC(=O)OC/C=C/COc1cc(Cl)ccc1Cl. The van der Waals surface area contributed by atoms with Crippen molar-refractivity contribution in [2.75, 3.05) is 13.2 Å². The highest BCUT2D eigenvalue weighted by Crippen LogP contribution is 2.27. The summed E-state index contributed by atoms with van der Waals surface area (Å²) in [6, 6.07) is 4.93. The molecule has 1 aromatic carbocycles. The van der Waals surface area contributed by atoms with E-state index in [-0.39, 0.29) is 25.4 Å². The second kappa shape index (κ2) is 8.61. The molecule has 0 radical (unpaired) electrons. The van der Waals surface area contributed by atoms with Gasteiger partial charge in [-0.15, -0.1) is 0 Å². The Bertz CT molecular complexity index is 512. The predicted molar refractivity (Wildman–Crippen MR) is 77.4 cm³/mol. The summed E-state index contributed by atoms with van der Waals surface area (Å²) in [5.74, 6) is -0.281. The molecule has 0 N–H and O–H groups in total. The van der Waals surface area contributed by atoms with E-state index < -0.39 is 5.97 Å². The number of esters is 1. The molecule has 0 saturated heterocycles. The van der Waals surface area contributed by atoms with Gasteiger partial charge >= 0.3 is 5.97 Å². The summed E-state index contributed by atoms with van der Waals surface area (Å²) in [7, 11) is 0. The average molecular weight is 317 g/mol. The van der Waals surface area contributed by atoms with Crippen LogP contribution in [-0.2, 0) is 14.3 Å². The first kappa shape index (κ1) is 16.5. The van der Waals surface area contributed by atoms with Crippen LogP contribution in [0.25, 0.3) is 0 Å². The Morgan fingerprint density at radius 1 is 1.20 bits per heavy atom. The van der Waals surface area contributed by atoms with Gasteiger partial charge in [0.25, 0.3) is 0 Å². The van der Waals surface area contributed by atoms with Crippen molar-refractivity contribution in [1.82, 2.24) is 0 Å². The Labute approximate surface area is 127 Å². The van der Waals surface area contributed by atoms with Gasteiger partial charge in [0.2, 0.25) is 0 Å². The highest BCUT2D eigenvalue weighted by atomic mass is 35.5. The van der Waals surface area contributed by atoms with Crippen molar-refractivity contribution in [2.24, 2.45) is 0 Å². The number of halogens is 2. The number of carbonyl (C=O) groups excluding carboxylic acids is 2. The van der Waals surface area contributed by atoms with Crippen molar-refractivity contribution in [3.63, 3.8) is 0 Å². The van der Waals surface area contributed by atoms with Crippen LogP contribution in [0.3, 0.4) is 0 Å². The lowest BCUT2D eigenvalue weighted by molar-refractivity contribution is -0.144. The van der Waals surface area contributed by atoms with Crippen molar-refractivity contribution >= 4 is 35.0 Å². The molecule has 108 valence electrons.